The van der Waals surface area contributed by atoms with Gasteiger partial charge in [0, 0.05) is 24.3 Å². The minimum atomic E-state index is 0.271. The lowest BCUT2D eigenvalue weighted by Crippen LogP contribution is -2.16. The maximum Gasteiger partial charge on any atom is 0.146 e. The van der Waals surface area contributed by atoms with E-state index >= 15 is 0 Å². The number of aryl methyl sites for hydroxylation is 1. The molecule has 0 aliphatic carbocycles. The Morgan fingerprint density at radius 2 is 2.25 bits per heavy atom. The molecule has 0 spiro atoms. The van der Waals surface area contributed by atoms with E-state index in [4.69, 9.17) is 10.6 Å². The molecule has 2 heterocycles. The van der Waals surface area contributed by atoms with Crippen molar-refractivity contribution in [2.45, 2.75) is 39.2 Å². The van der Waals surface area contributed by atoms with E-state index in [0.29, 0.717) is 5.82 Å². The van der Waals surface area contributed by atoms with Crippen molar-refractivity contribution in [2.75, 3.05) is 12.0 Å². The zero-order valence-corrected chi connectivity index (χ0v) is 9.79. The molecule has 1 aliphatic rings. The Hall–Kier alpha value is -1.20. The molecule has 5 nitrogen and oxygen atoms in total. The zero-order chi connectivity index (χ0) is 11.5. The number of hydrazine groups is 1. The molecule has 88 valence electrons. The first-order valence-electron chi connectivity index (χ1n) is 5.63. The standard InChI is InChI=1S/C11H18N4O/c1-7-8(2)13-10(14-11(7)15-12)6-9-4-3-5-16-9/h9H,3-6,12H2,1-2H3,(H,13,14,15). The third-order valence-electron chi connectivity index (χ3n) is 3.01. The molecule has 1 aromatic heterocycles. The third kappa shape index (κ3) is 2.31. The predicted octanol–water partition coefficient (Wildman–Crippen LogP) is 1.10. The fraction of sp³-hybridized carbons (Fsp3) is 0.636. The fourth-order valence-corrected chi connectivity index (χ4v) is 1.93. The second kappa shape index (κ2) is 4.76. The Morgan fingerprint density at radius 1 is 1.44 bits per heavy atom. The summed E-state index contributed by atoms with van der Waals surface area (Å²) in [5, 5.41) is 0. The van der Waals surface area contributed by atoms with Crippen LogP contribution in [0.3, 0.4) is 0 Å². The van der Waals surface area contributed by atoms with Gasteiger partial charge in [-0.25, -0.2) is 15.8 Å². The van der Waals surface area contributed by atoms with E-state index in [1.165, 1.54) is 0 Å². The lowest BCUT2D eigenvalue weighted by atomic mass is 10.1. The molecule has 1 fully saturated rings. The third-order valence-corrected chi connectivity index (χ3v) is 3.01. The molecule has 3 N–H and O–H groups in total. The molecule has 0 radical (unpaired) electrons. The molecule has 0 aromatic carbocycles. The van der Waals surface area contributed by atoms with E-state index < -0.39 is 0 Å². The fourth-order valence-electron chi connectivity index (χ4n) is 1.93. The highest BCUT2D eigenvalue weighted by atomic mass is 16.5. The molecule has 5 heteroatoms. The zero-order valence-electron chi connectivity index (χ0n) is 9.79. The summed E-state index contributed by atoms with van der Waals surface area (Å²) in [4.78, 5) is 8.85. The molecule has 0 amide bonds. The molecular weight excluding hydrogens is 204 g/mol. The van der Waals surface area contributed by atoms with Crippen LogP contribution < -0.4 is 11.3 Å². The van der Waals surface area contributed by atoms with Crippen LogP contribution in [0.2, 0.25) is 0 Å². The van der Waals surface area contributed by atoms with Gasteiger partial charge in [-0.15, -0.1) is 0 Å². The molecule has 1 saturated heterocycles. The summed E-state index contributed by atoms with van der Waals surface area (Å²) in [5.74, 6) is 6.94. The van der Waals surface area contributed by atoms with Gasteiger partial charge in [-0.3, -0.25) is 0 Å². The number of rotatable bonds is 3. The van der Waals surface area contributed by atoms with Crippen LogP contribution in [0.15, 0.2) is 0 Å². The summed E-state index contributed by atoms with van der Waals surface area (Å²) >= 11 is 0. The summed E-state index contributed by atoms with van der Waals surface area (Å²) in [5.41, 5.74) is 4.58. The number of hydrogen-bond donors (Lipinski definition) is 2. The van der Waals surface area contributed by atoms with E-state index in [-0.39, 0.29) is 6.10 Å². The minimum absolute atomic E-state index is 0.271. The van der Waals surface area contributed by atoms with Crippen LogP contribution in [0.25, 0.3) is 0 Å². The van der Waals surface area contributed by atoms with Crippen molar-refractivity contribution in [2.24, 2.45) is 5.84 Å². The first kappa shape index (κ1) is 11.3. The van der Waals surface area contributed by atoms with Crippen molar-refractivity contribution in [1.82, 2.24) is 9.97 Å². The quantitative estimate of drug-likeness (QED) is 0.592. The predicted molar refractivity (Wildman–Crippen MR) is 62.0 cm³/mol. The lowest BCUT2D eigenvalue weighted by molar-refractivity contribution is 0.110. The second-order valence-electron chi connectivity index (χ2n) is 4.18. The van der Waals surface area contributed by atoms with Crippen molar-refractivity contribution in [3.05, 3.63) is 17.1 Å². The Kier molecular flexibility index (Phi) is 3.36. The van der Waals surface area contributed by atoms with E-state index in [2.05, 4.69) is 15.4 Å². The number of aromatic nitrogens is 2. The summed E-state index contributed by atoms with van der Waals surface area (Å²) in [6.45, 7) is 4.79. The topological polar surface area (TPSA) is 73.1 Å². The molecule has 1 atom stereocenters. The molecule has 0 bridgehead atoms. The Morgan fingerprint density at radius 3 is 2.88 bits per heavy atom. The van der Waals surface area contributed by atoms with Crippen LogP contribution in [0.1, 0.15) is 29.9 Å². The van der Waals surface area contributed by atoms with Gasteiger partial charge in [-0.1, -0.05) is 0 Å². The molecular formula is C11H18N4O. The maximum absolute atomic E-state index is 5.57. The lowest BCUT2D eigenvalue weighted by Gasteiger charge is -2.12. The average Bonchev–Trinajstić information content (AvgIpc) is 2.76. The normalized spacial score (nSPS) is 20.1. The van der Waals surface area contributed by atoms with Crippen LogP contribution in [0, 0.1) is 13.8 Å². The van der Waals surface area contributed by atoms with E-state index in [0.717, 1.165) is 43.0 Å². The highest BCUT2D eigenvalue weighted by molar-refractivity contribution is 5.44. The number of nitrogens with two attached hydrogens (primary N) is 1. The number of hydrogen-bond acceptors (Lipinski definition) is 5. The SMILES string of the molecule is Cc1nc(CC2CCCO2)nc(NN)c1C. The van der Waals surface area contributed by atoms with Crippen molar-refractivity contribution in [1.29, 1.82) is 0 Å². The van der Waals surface area contributed by atoms with E-state index in [1.54, 1.807) is 0 Å². The molecule has 2 rings (SSSR count). The highest BCUT2D eigenvalue weighted by Crippen LogP contribution is 2.18. The first-order chi connectivity index (χ1) is 7.70. The van der Waals surface area contributed by atoms with E-state index in [9.17, 15) is 0 Å². The van der Waals surface area contributed by atoms with Crippen LogP contribution >= 0.6 is 0 Å². The van der Waals surface area contributed by atoms with Crippen LogP contribution in [-0.2, 0) is 11.2 Å². The number of nitrogens with zero attached hydrogens (tertiary/aromatic N) is 2. The monoisotopic (exact) mass is 222 g/mol. The summed E-state index contributed by atoms with van der Waals surface area (Å²) < 4.78 is 5.57. The van der Waals surface area contributed by atoms with Crippen molar-refractivity contribution < 1.29 is 4.74 Å². The molecule has 0 saturated carbocycles. The van der Waals surface area contributed by atoms with Gasteiger partial charge in [0.25, 0.3) is 0 Å². The van der Waals surface area contributed by atoms with E-state index in [1.807, 2.05) is 13.8 Å². The first-order valence-corrected chi connectivity index (χ1v) is 5.63. The van der Waals surface area contributed by atoms with Gasteiger partial charge < -0.3 is 10.2 Å². The van der Waals surface area contributed by atoms with Crippen LogP contribution in [0.5, 0.6) is 0 Å². The van der Waals surface area contributed by atoms with Gasteiger partial charge in [-0.05, 0) is 26.7 Å². The maximum atomic E-state index is 5.57. The number of nitrogen functional groups attached to an aromatic ring is 1. The van der Waals surface area contributed by atoms with Gasteiger partial charge in [-0.2, -0.15) is 0 Å². The highest BCUT2D eigenvalue weighted by Gasteiger charge is 2.18. The van der Waals surface area contributed by atoms with Crippen LogP contribution in [0.4, 0.5) is 5.82 Å². The van der Waals surface area contributed by atoms with Crippen molar-refractivity contribution >= 4 is 5.82 Å². The average molecular weight is 222 g/mol. The Labute approximate surface area is 95.4 Å². The minimum Gasteiger partial charge on any atom is -0.378 e. The summed E-state index contributed by atoms with van der Waals surface area (Å²) in [6.07, 6.45) is 3.28. The summed E-state index contributed by atoms with van der Waals surface area (Å²) in [7, 11) is 0. The molecule has 16 heavy (non-hydrogen) atoms. The number of ether oxygens (including phenoxy) is 1. The van der Waals surface area contributed by atoms with Gasteiger partial charge in [0.05, 0.1) is 6.10 Å². The molecule has 1 unspecified atom stereocenters. The Balaban J connectivity index is 2.17. The molecule has 1 aliphatic heterocycles. The van der Waals surface area contributed by atoms with Gasteiger partial charge in [0.1, 0.15) is 11.6 Å². The molecule has 1 aromatic rings. The number of anilines is 1. The second-order valence-corrected chi connectivity index (χ2v) is 4.18. The Bertz CT molecular complexity index is 374. The van der Waals surface area contributed by atoms with Gasteiger partial charge in [0.2, 0.25) is 0 Å². The van der Waals surface area contributed by atoms with Crippen molar-refractivity contribution in [3.8, 4) is 0 Å². The van der Waals surface area contributed by atoms with Gasteiger partial charge >= 0.3 is 0 Å². The smallest absolute Gasteiger partial charge is 0.146 e. The summed E-state index contributed by atoms with van der Waals surface area (Å²) in [6, 6.07) is 0. The largest absolute Gasteiger partial charge is 0.378 e. The van der Waals surface area contributed by atoms with Crippen molar-refractivity contribution in [3.63, 3.8) is 0 Å². The van der Waals surface area contributed by atoms with Crippen LogP contribution in [-0.4, -0.2) is 22.7 Å². The van der Waals surface area contributed by atoms with Gasteiger partial charge in [0.15, 0.2) is 0 Å². The number of nitrogens with one attached hydrogen (secondary N) is 1.